The van der Waals surface area contributed by atoms with Crippen LogP contribution in [0.1, 0.15) is 52.4 Å². The van der Waals surface area contributed by atoms with Crippen molar-refractivity contribution in [3.05, 3.63) is 12.2 Å². The molecule has 0 spiro atoms. The zero-order valence-corrected chi connectivity index (χ0v) is 16.0. The number of methoxy groups -OCH3 is 1. The van der Waals surface area contributed by atoms with Crippen molar-refractivity contribution in [2.45, 2.75) is 58.4 Å². The molecule has 0 aromatic carbocycles. The van der Waals surface area contributed by atoms with Crippen molar-refractivity contribution >= 4 is 11.9 Å². The molecular formula is C20H34N2O3. The third kappa shape index (κ3) is 6.46. The smallest absolute Gasteiger partial charge is 0.328 e. The molecule has 0 saturated carbocycles. The number of carbonyl (C=O) groups is 2. The van der Waals surface area contributed by atoms with Crippen molar-refractivity contribution in [3.8, 4) is 0 Å². The van der Waals surface area contributed by atoms with Crippen LogP contribution >= 0.6 is 0 Å². The first-order valence-electron chi connectivity index (χ1n) is 9.75. The van der Waals surface area contributed by atoms with Crippen LogP contribution in [0.25, 0.3) is 0 Å². The Balaban J connectivity index is 1.77. The van der Waals surface area contributed by atoms with Crippen LogP contribution in [0.2, 0.25) is 0 Å². The van der Waals surface area contributed by atoms with Gasteiger partial charge in [0.25, 0.3) is 0 Å². The van der Waals surface area contributed by atoms with E-state index in [-0.39, 0.29) is 17.8 Å². The summed E-state index contributed by atoms with van der Waals surface area (Å²) in [5.74, 6) is 0.781. The van der Waals surface area contributed by atoms with E-state index < -0.39 is 6.04 Å². The second-order valence-electron chi connectivity index (χ2n) is 7.94. The van der Waals surface area contributed by atoms with Crippen LogP contribution in [0.5, 0.6) is 0 Å². The standard InChI is InChI=1S/C20H34N2O3/c1-15(2)13-18(20(24)25-3)21-19(23)17-9-11-22(12-10-17)14-16-7-5-4-6-8-16/h4-5,15-18H,6-14H2,1-3H3,(H,21,23). The minimum atomic E-state index is -0.524. The van der Waals surface area contributed by atoms with E-state index in [0.29, 0.717) is 12.3 Å². The normalized spacial score (nSPS) is 23.4. The van der Waals surface area contributed by atoms with Crippen molar-refractivity contribution in [2.75, 3.05) is 26.7 Å². The van der Waals surface area contributed by atoms with Crippen molar-refractivity contribution in [1.29, 1.82) is 0 Å². The second-order valence-corrected chi connectivity index (χ2v) is 7.94. The molecule has 1 amide bonds. The fraction of sp³-hybridized carbons (Fsp3) is 0.800. The van der Waals surface area contributed by atoms with E-state index in [2.05, 4.69) is 22.4 Å². The average Bonchev–Trinajstić information content (AvgIpc) is 2.61. The number of amides is 1. The Morgan fingerprint density at radius 3 is 2.48 bits per heavy atom. The number of hydrogen-bond donors (Lipinski definition) is 1. The number of piperidine rings is 1. The fourth-order valence-corrected chi connectivity index (χ4v) is 3.88. The van der Waals surface area contributed by atoms with Gasteiger partial charge in [0, 0.05) is 12.5 Å². The number of likely N-dealkylation sites (tertiary alicyclic amines) is 1. The van der Waals surface area contributed by atoms with Gasteiger partial charge in [0.1, 0.15) is 6.04 Å². The van der Waals surface area contributed by atoms with Crippen LogP contribution in [0.4, 0.5) is 0 Å². The lowest BCUT2D eigenvalue weighted by Gasteiger charge is -2.34. The fourth-order valence-electron chi connectivity index (χ4n) is 3.88. The number of rotatable bonds is 7. The first-order valence-corrected chi connectivity index (χ1v) is 9.75. The van der Waals surface area contributed by atoms with E-state index in [9.17, 15) is 9.59 Å². The molecule has 1 fully saturated rings. The predicted molar refractivity (Wildman–Crippen MR) is 99.0 cm³/mol. The van der Waals surface area contributed by atoms with E-state index in [1.54, 1.807) is 0 Å². The van der Waals surface area contributed by atoms with Gasteiger partial charge in [0.05, 0.1) is 7.11 Å². The molecule has 2 aliphatic rings. The summed E-state index contributed by atoms with van der Waals surface area (Å²) in [5, 5.41) is 2.92. The third-order valence-corrected chi connectivity index (χ3v) is 5.36. The molecule has 1 heterocycles. The van der Waals surface area contributed by atoms with E-state index >= 15 is 0 Å². The van der Waals surface area contributed by atoms with Crippen molar-refractivity contribution in [3.63, 3.8) is 0 Å². The Kier molecular flexibility index (Phi) is 7.94. The molecule has 142 valence electrons. The monoisotopic (exact) mass is 350 g/mol. The molecule has 1 aliphatic heterocycles. The van der Waals surface area contributed by atoms with Crippen LogP contribution in [0, 0.1) is 17.8 Å². The predicted octanol–water partition coefficient (Wildman–Crippen LogP) is 2.76. The molecular weight excluding hydrogens is 316 g/mol. The average molecular weight is 351 g/mol. The lowest BCUT2D eigenvalue weighted by atomic mass is 9.91. The first kappa shape index (κ1) is 20.0. The highest BCUT2D eigenvalue weighted by Gasteiger charge is 2.30. The zero-order valence-electron chi connectivity index (χ0n) is 16.0. The van der Waals surface area contributed by atoms with Gasteiger partial charge < -0.3 is 15.0 Å². The molecule has 0 radical (unpaired) electrons. The lowest BCUT2D eigenvalue weighted by molar-refractivity contribution is -0.146. The van der Waals surface area contributed by atoms with E-state index in [4.69, 9.17) is 4.74 Å². The Morgan fingerprint density at radius 2 is 1.92 bits per heavy atom. The van der Waals surface area contributed by atoms with Crippen molar-refractivity contribution in [1.82, 2.24) is 10.2 Å². The molecule has 2 atom stereocenters. The Hall–Kier alpha value is -1.36. The Morgan fingerprint density at radius 1 is 1.20 bits per heavy atom. The molecule has 5 nitrogen and oxygen atoms in total. The highest BCUT2D eigenvalue weighted by atomic mass is 16.5. The topological polar surface area (TPSA) is 58.6 Å². The van der Waals surface area contributed by atoms with Crippen molar-refractivity contribution < 1.29 is 14.3 Å². The molecule has 5 heteroatoms. The lowest BCUT2D eigenvalue weighted by Crippen LogP contribution is -2.47. The van der Waals surface area contributed by atoms with E-state index in [1.165, 1.54) is 26.4 Å². The first-order chi connectivity index (χ1) is 12.0. The van der Waals surface area contributed by atoms with Crippen molar-refractivity contribution in [2.24, 2.45) is 17.8 Å². The summed E-state index contributed by atoms with van der Waals surface area (Å²) in [6, 6.07) is -0.524. The van der Waals surface area contributed by atoms with Gasteiger partial charge in [0.2, 0.25) is 5.91 Å². The maximum Gasteiger partial charge on any atom is 0.328 e. The van der Waals surface area contributed by atoms with Crippen LogP contribution in [0.15, 0.2) is 12.2 Å². The summed E-state index contributed by atoms with van der Waals surface area (Å²) < 4.78 is 4.84. The summed E-state index contributed by atoms with van der Waals surface area (Å²) in [6.45, 7) is 7.19. The summed E-state index contributed by atoms with van der Waals surface area (Å²) >= 11 is 0. The number of nitrogens with one attached hydrogen (secondary N) is 1. The number of nitrogens with zero attached hydrogens (tertiary/aromatic N) is 1. The summed E-state index contributed by atoms with van der Waals surface area (Å²) in [5.41, 5.74) is 0. The number of hydrogen-bond acceptors (Lipinski definition) is 4. The van der Waals surface area contributed by atoms with Crippen LogP contribution in [-0.4, -0.2) is 49.6 Å². The quantitative estimate of drug-likeness (QED) is 0.567. The number of allylic oxidation sites excluding steroid dienone is 2. The molecule has 1 N–H and O–H groups in total. The van der Waals surface area contributed by atoms with Gasteiger partial charge in [-0.05, 0) is 63.5 Å². The maximum absolute atomic E-state index is 12.6. The van der Waals surface area contributed by atoms with E-state index in [1.807, 2.05) is 13.8 Å². The summed E-state index contributed by atoms with van der Waals surface area (Å²) in [4.78, 5) is 26.9. The summed E-state index contributed by atoms with van der Waals surface area (Å²) in [7, 11) is 1.38. The molecule has 25 heavy (non-hydrogen) atoms. The molecule has 0 aromatic heterocycles. The van der Waals surface area contributed by atoms with Crippen LogP contribution < -0.4 is 5.32 Å². The zero-order chi connectivity index (χ0) is 18.2. The second kappa shape index (κ2) is 9.95. The van der Waals surface area contributed by atoms with Gasteiger partial charge in [-0.1, -0.05) is 26.0 Å². The summed E-state index contributed by atoms with van der Waals surface area (Å²) in [6.07, 6.45) is 10.6. The van der Waals surface area contributed by atoms with Crippen LogP contribution in [0.3, 0.4) is 0 Å². The minimum Gasteiger partial charge on any atom is -0.467 e. The Labute approximate surface area is 152 Å². The SMILES string of the molecule is COC(=O)C(CC(C)C)NC(=O)C1CCN(CC2CC=CCC2)CC1. The Bertz CT molecular complexity index is 468. The van der Waals surface area contributed by atoms with E-state index in [0.717, 1.165) is 38.4 Å². The van der Waals surface area contributed by atoms with Crippen LogP contribution in [-0.2, 0) is 14.3 Å². The highest BCUT2D eigenvalue weighted by molar-refractivity contribution is 5.85. The number of carbonyl (C=O) groups excluding carboxylic acids is 2. The molecule has 2 rings (SSSR count). The third-order valence-electron chi connectivity index (χ3n) is 5.36. The van der Waals surface area contributed by atoms with Gasteiger partial charge in [-0.3, -0.25) is 4.79 Å². The largest absolute Gasteiger partial charge is 0.467 e. The molecule has 1 saturated heterocycles. The minimum absolute atomic E-state index is 0.0105. The maximum atomic E-state index is 12.6. The molecule has 0 bridgehead atoms. The molecule has 2 unspecified atom stereocenters. The van der Waals surface area contributed by atoms with Gasteiger partial charge in [-0.15, -0.1) is 0 Å². The molecule has 1 aliphatic carbocycles. The highest BCUT2D eigenvalue weighted by Crippen LogP contribution is 2.23. The van der Waals surface area contributed by atoms with Gasteiger partial charge in [-0.2, -0.15) is 0 Å². The van der Waals surface area contributed by atoms with Gasteiger partial charge in [0.15, 0.2) is 0 Å². The number of ether oxygens (including phenoxy) is 1. The van der Waals surface area contributed by atoms with Gasteiger partial charge >= 0.3 is 5.97 Å². The van der Waals surface area contributed by atoms with Gasteiger partial charge in [-0.25, -0.2) is 4.79 Å². The molecule has 0 aromatic rings. The number of esters is 1.